The van der Waals surface area contributed by atoms with Crippen LogP contribution in [-0.2, 0) is 20.9 Å². The number of ether oxygens (including phenoxy) is 1. The number of hydrogen-bond donors (Lipinski definition) is 0. The maximum atomic E-state index is 12.6. The van der Waals surface area contributed by atoms with Crippen molar-refractivity contribution in [2.45, 2.75) is 70.7 Å². The van der Waals surface area contributed by atoms with E-state index in [0.29, 0.717) is 6.42 Å². The molecule has 0 heterocycles. The third-order valence-electron chi connectivity index (χ3n) is 3.89. The van der Waals surface area contributed by atoms with E-state index in [2.05, 4.69) is 6.92 Å². The highest BCUT2D eigenvalue weighted by atomic mass is 32.2. The summed E-state index contributed by atoms with van der Waals surface area (Å²) in [6.07, 6.45) is 9.89. The van der Waals surface area contributed by atoms with Crippen molar-refractivity contribution in [3.63, 3.8) is 0 Å². The first-order valence-electron chi connectivity index (χ1n) is 9.12. The highest BCUT2D eigenvalue weighted by Crippen LogP contribution is 2.30. The molecule has 0 bridgehead atoms. The Labute approximate surface area is 156 Å². The molecule has 0 aliphatic rings. The Morgan fingerprint density at radius 1 is 1.12 bits per heavy atom. The summed E-state index contributed by atoms with van der Waals surface area (Å²) in [4.78, 5) is 24.5. The fourth-order valence-corrected chi connectivity index (χ4v) is 3.24. The Hall–Kier alpha value is -1.55. The van der Waals surface area contributed by atoms with Crippen molar-refractivity contribution >= 4 is 22.8 Å². The summed E-state index contributed by atoms with van der Waals surface area (Å²) in [5.41, 5.74) is 0.938. The van der Waals surface area contributed by atoms with Gasteiger partial charge in [0.1, 0.15) is 11.4 Å². The SMILES string of the molecule is CCCCCCC=C[C@](C)(SC(=O)CC)C(=O)OCc1ccccc1. The van der Waals surface area contributed by atoms with Crippen LogP contribution in [-0.4, -0.2) is 15.8 Å². The van der Waals surface area contributed by atoms with Gasteiger partial charge >= 0.3 is 5.97 Å². The predicted octanol–water partition coefficient (Wildman–Crippen LogP) is 5.68. The number of unbranched alkanes of at least 4 members (excludes halogenated alkanes) is 4. The maximum Gasteiger partial charge on any atom is 0.326 e. The van der Waals surface area contributed by atoms with Crippen LogP contribution in [0.25, 0.3) is 0 Å². The van der Waals surface area contributed by atoms with Crippen LogP contribution >= 0.6 is 11.8 Å². The van der Waals surface area contributed by atoms with E-state index in [0.717, 1.165) is 30.2 Å². The van der Waals surface area contributed by atoms with Crippen LogP contribution < -0.4 is 0 Å². The van der Waals surface area contributed by atoms with E-state index in [4.69, 9.17) is 4.74 Å². The zero-order valence-electron chi connectivity index (χ0n) is 15.6. The molecule has 0 spiro atoms. The molecule has 25 heavy (non-hydrogen) atoms. The van der Waals surface area contributed by atoms with Crippen molar-refractivity contribution in [3.8, 4) is 0 Å². The molecule has 0 N–H and O–H groups in total. The lowest BCUT2D eigenvalue weighted by Gasteiger charge is -2.22. The molecule has 0 aromatic heterocycles. The van der Waals surface area contributed by atoms with Crippen LogP contribution in [0.3, 0.4) is 0 Å². The number of carbonyl (C=O) groups excluding carboxylic acids is 2. The van der Waals surface area contributed by atoms with E-state index >= 15 is 0 Å². The number of esters is 1. The minimum Gasteiger partial charge on any atom is -0.460 e. The molecular weight excluding hydrogens is 332 g/mol. The van der Waals surface area contributed by atoms with Gasteiger partial charge in [-0.1, -0.05) is 87.4 Å². The van der Waals surface area contributed by atoms with Gasteiger partial charge in [-0.15, -0.1) is 0 Å². The highest BCUT2D eigenvalue weighted by molar-refractivity contribution is 8.15. The summed E-state index contributed by atoms with van der Waals surface area (Å²) in [5, 5.41) is -0.00482. The molecule has 0 unspecified atom stereocenters. The van der Waals surface area contributed by atoms with Crippen molar-refractivity contribution < 1.29 is 14.3 Å². The van der Waals surface area contributed by atoms with Crippen molar-refractivity contribution in [3.05, 3.63) is 48.0 Å². The molecule has 0 amide bonds. The second-order valence-corrected chi connectivity index (χ2v) is 7.76. The first-order valence-corrected chi connectivity index (χ1v) is 9.94. The quantitative estimate of drug-likeness (QED) is 0.288. The normalized spacial score (nSPS) is 13.6. The van der Waals surface area contributed by atoms with Crippen molar-refractivity contribution in [1.82, 2.24) is 0 Å². The van der Waals surface area contributed by atoms with Crippen molar-refractivity contribution in [2.75, 3.05) is 0 Å². The zero-order valence-corrected chi connectivity index (χ0v) is 16.4. The fourth-order valence-electron chi connectivity index (χ4n) is 2.32. The van der Waals surface area contributed by atoms with Crippen LogP contribution in [0.4, 0.5) is 0 Å². The molecule has 0 radical (unpaired) electrons. The van der Waals surface area contributed by atoms with Crippen molar-refractivity contribution in [1.29, 1.82) is 0 Å². The van der Waals surface area contributed by atoms with E-state index in [1.807, 2.05) is 42.5 Å². The molecule has 1 rings (SSSR count). The van der Waals surface area contributed by atoms with Gasteiger partial charge < -0.3 is 4.74 Å². The average molecular weight is 363 g/mol. The first-order chi connectivity index (χ1) is 12.0. The minimum atomic E-state index is -0.966. The van der Waals surface area contributed by atoms with Gasteiger partial charge in [-0.05, 0) is 25.3 Å². The Balaban J connectivity index is 2.67. The van der Waals surface area contributed by atoms with E-state index in [1.165, 1.54) is 19.3 Å². The van der Waals surface area contributed by atoms with Crippen LogP contribution in [0, 0.1) is 0 Å². The van der Waals surface area contributed by atoms with Gasteiger partial charge in [0.15, 0.2) is 5.12 Å². The van der Waals surface area contributed by atoms with Gasteiger partial charge in [0.2, 0.25) is 0 Å². The molecular formula is C21H30O3S. The van der Waals surface area contributed by atoms with E-state index < -0.39 is 4.75 Å². The summed E-state index contributed by atoms with van der Waals surface area (Å²) in [6.45, 7) is 5.98. The van der Waals surface area contributed by atoms with E-state index in [9.17, 15) is 9.59 Å². The Morgan fingerprint density at radius 2 is 1.84 bits per heavy atom. The number of rotatable bonds is 11. The lowest BCUT2D eigenvalue weighted by atomic mass is 10.1. The number of hydrogen-bond acceptors (Lipinski definition) is 4. The van der Waals surface area contributed by atoms with E-state index in [-0.39, 0.29) is 17.7 Å². The van der Waals surface area contributed by atoms with Crippen molar-refractivity contribution in [2.24, 2.45) is 0 Å². The van der Waals surface area contributed by atoms with E-state index in [1.54, 1.807) is 13.8 Å². The number of benzene rings is 1. The lowest BCUT2D eigenvalue weighted by Crippen LogP contribution is -2.32. The van der Waals surface area contributed by atoms with Gasteiger partial charge in [-0.2, -0.15) is 0 Å². The molecule has 4 heteroatoms. The molecule has 0 saturated carbocycles. The second-order valence-electron chi connectivity index (χ2n) is 6.25. The molecule has 0 aliphatic heterocycles. The zero-order chi connectivity index (χ0) is 18.5. The van der Waals surface area contributed by atoms with Gasteiger partial charge in [-0.3, -0.25) is 9.59 Å². The summed E-state index contributed by atoms with van der Waals surface area (Å²) in [6, 6.07) is 9.57. The fraction of sp³-hybridized carbons (Fsp3) is 0.524. The standard InChI is InChI=1S/C21H30O3S/c1-4-6-7-8-9-13-16-21(3,25-19(22)5-2)20(23)24-17-18-14-11-10-12-15-18/h10-16H,4-9,17H2,1-3H3/t21-/m0/s1. The molecule has 1 aromatic carbocycles. The monoisotopic (exact) mass is 362 g/mol. The second kappa shape index (κ2) is 11.9. The van der Waals surface area contributed by atoms with Gasteiger partial charge in [0, 0.05) is 6.42 Å². The Kier molecular flexibility index (Phi) is 10.2. The largest absolute Gasteiger partial charge is 0.460 e. The number of thioether (sulfide) groups is 1. The minimum absolute atomic E-state index is 0.00482. The van der Waals surface area contributed by atoms with Gasteiger partial charge in [0.05, 0.1) is 0 Å². The number of allylic oxidation sites excluding steroid dienone is 1. The topological polar surface area (TPSA) is 43.4 Å². The molecule has 0 fully saturated rings. The van der Waals surface area contributed by atoms with Gasteiger partial charge in [0.25, 0.3) is 0 Å². The third kappa shape index (κ3) is 8.39. The van der Waals surface area contributed by atoms with Crippen LogP contribution in [0.5, 0.6) is 0 Å². The average Bonchev–Trinajstić information content (AvgIpc) is 2.63. The molecule has 3 nitrogen and oxygen atoms in total. The maximum absolute atomic E-state index is 12.6. The van der Waals surface area contributed by atoms with Crippen LogP contribution in [0.1, 0.15) is 64.9 Å². The molecule has 0 saturated heterocycles. The molecule has 138 valence electrons. The molecule has 0 aliphatic carbocycles. The third-order valence-corrected chi connectivity index (χ3v) is 5.14. The first kappa shape index (κ1) is 21.5. The van der Waals surface area contributed by atoms with Crippen LogP contribution in [0.15, 0.2) is 42.5 Å². The summed E-state index contributed by atoms with van der Waals surface area (Å²) < 4.78 is 4.51. The van der Waals surface area contributed by atoms with Gasteiger partial charge in [-0.25, -0.2) is 0 Å². The van der Waals surface area contributed by atoms with Crippen LogP contribution in [0.2, 0.25) is 0 Å². The summed E-state index contributed by atoms with van der Waals surface area (Å²) in [5.74, 6) is -0.368. The molecule has 1 aromatic rings. The predicted molar refractivity (Wildman–Crippen MR) is 105 cm³/mol. The summed E-state index contributed by atoms with van der Waals surface area (Å²) >= 11 is 1.06. The Morgan fingerprint density at radius 3 is 2.48 bits per heavy atom. The molecule has 1 atom stereocenters. The number of carbonyl (C=O) groups is 2. The smallest absolute Gasteiger partial charge is 0.326 e. The summed E-state index contributed by atoms with van der Waals surface area (Å²) in [7, 11) is 0. The highest BCUT2D eigenvalue weighted by Gasteiger charge is 2.35. The lowest BCUT2D eigenvalue weighted by molar-refractivity contribution is -0.146. The Bertz CT molecular complexity index is 554.